The Kier molecular flexibility index (Phi) is 3.78. The van der Waals surface area contributed by atoms with Crippen LogP contribution in [0.15, 0.2) is 46.5 Å². The molecule has 1 aromatic carbocycles. The van der Waals surface area contributed by atoms with E-state index in [0.29, 0.717) is 29.0 Å². The van der Waals surface area contributed by atoms with Crippen LogP contribution in [0, 0.1) is 0 Å². The standard InChI is InChI=1S/C17H16N4O2S/c1-11-8-12-4-2-3-5-14(12)21(11)9-15-13(6-7-23-15)16(22)19-17-20-18-10-24-17/h2-7,10-11H,8-9H2,1H3,(H,19,20,22)/t11-/m0/s1. The van der Waals surface area contributed by atoms with E-state index in [2.05, 4.69) is 45.5 Å². The number of rotatable bonds is 4. The van der Waals surface area contributed by atoms with E-state index in [1.807, 2.05) is 6.07 Å². The third kappa shape index (κ3) is 2.67. The van der Waals surface area contributed by atoms with Crippen LogP contribution in [-0.2, 0) is 13.0 Å². The van der Waals surface area contributed by atoms with Crippen LogP contribution in [0.3, 0.4) is 0 Å². The number of nitrogens with one attached hydrogen (secondary N) is 1. The molecule has 0 bridgehead atoms. The number of para-hydroxylation sites is 1. The molecule has 0 saturated carbocycles. The van der Waals surface area contributed by atoms with E-state index in [1.165, 1.54) is 22.6 Å². The number of fused-ring (bicyclic) bond motifs is 1. The van der Waals surface area contributed by atoms with E-state index < -0.39 is 0 Å². The lowest BCUT2D eigenvalue weighted by molar-refractivity contribution is 0.102. The third-order valence-corrected chi connectivity index (χ3v) is 4.84. The molecule has 3 heterocycles. The average molecular weight is 340 g/mol. The van der Waals surface area contributed by atoms with E-state index >= 15 is 0 Å². The summed E-state index contributed by atoms with van der Waals surface area (Å²) in [4.78, 5) is 14.7. The van der Waals surface area contributed by atoms with E-state index in [4.69, 9.17) is 4.42 Å². The van der Waals surface area contributed by atoms with Gasteiger partial charge in [-0.2, -0.15) is 0 Å². The molecule has 122 valence electrons. The summed E-state index contributed by atoms with van der Waals surface area (Å²) in [5, 5.41) is 10.8. The molecule has 1 amide bonds. The van der Waals surface area contributed by atoms with Crippen molar-refractivity contribution in [2.45, 2.75) is 25.9 Å². The zero-order valence-corrected chi connectivity index (χ0v) is 13.9. The molecule has 2 aromatic heterocycles. The molecule has 1 aliphatic rings. The van der Waals surface area contributed by atoms with Crippen LogP contribution in [0.2, 0.25) is 0 Å². The summed E-state index contributed by atoms with van der Waals surface area (Å²) >= 11 is 1.28. The predicted molar refractivity (Wildman–Crippen MR) is 92.4 cm³/mol. The van der Waals surface area contributed by atoms with Crippen molar-refractivity contribution in [1.29, 1.82) is 0 Å². The number of furan rings is 1. The second kappa shape index (κ2) is 6.09. The third-order valence-electron chi connectivity index (χ3n) is 4.23. The summed E-state index contributed by atoms with van der Waals surface area (Å²) < 4.78 is 5.60. The van der Waals surface area contributed by atoms with Gasteiger partial charge in [0.15, 0.2) is 0 Å². The molecule has 0 spiro atoms. The van der Waals surface area contributed by atoms with Crippen molar-refractivity contribution < 1.29 is 9.21 Å². The molecule has 0 fully saturated rings. The summed E-state index contributed by atoms with van der Waals surface area (Å²) in [5.74, 6) is 0.427. The van der Waals surface area contributed by atoms with Gasteiger partial charge in [-0.15, -0.1) is 10.2 Å². The molecule has 0 saturated heterocycles. The monoisotopic (exact) mass is 340 g/mol. The number of amides is 1. The highest BCUT2D eigenvalue weighted by atomic mass is 32.1. The molecular formula is C17H16N4O2S. The molecule has 0 radical (unpaired) electrons. The Labute approximate surface area is 143 Å². The fraction of sp³-hybridized carbons (Fsp3) is 0.235. The molecule has 4 rings (SSSR count). The van der Waals surface area contributed by atoms with E-state index in [9.17, 15) is 4.79 Å². The van der Waals surface area contributed by atoms with Gasteiger partial charge >= 0.3 is 0 Å². The minimum atomic E-state index is -0.226. The number of carbonyl (C=O) groups excluding carboxylic acids is 1. The molecule has 3 aromatic rings. The smallest absolute Gasteiger partial charge is 0.261 e. The lowest BCUT2D eigenvalue weighted by atomic mass is 10.1. The van der Waals surface area contributed by atoms with Crippen molar-refractivity contribution in [3.63, 3.8) is 0 Å². The summed E-state index contributed by atoms with van der Waals surface area (Å²) in [6.45, 7) is 2.74. The van der Waals surface area contributed by atoms with Gasteiger partial charge in [-0.1, -0.05) is 29.5 Å². The number of benzene rings is 1. The molecule has 0 unspecified atom stereocenters. The number of anilines is 2. The molecule has 6 nitrogen and oxygen atoms in total. The number of hydrogen-bond acceptors (Lipinski definition) is 6. The molecule has 24 heavy (non-hydrogen) atoms. The zero-order chi connectivity index (χ0) is 16.5. The second-order valence-corrected chi connectivity index (χ2v) is 6.60. The minimum Gasteiger partial charge on any atom is -0.467 e. The quantitative estimate of drug-likeness (QED) is 0.789. The molecule has 7 heteroatoms. The first kappa shape index (κ1) is 14.9. The first-order chi connectivity index (χ1) is 11.7. The van der Waals surface area contributed by atoms with Gasteiger partial charge < -0.3 is 9.32 Å². The molecule has 1 N–H and O–H groups in total. The highest BCUT2D eigenvalue weighted by Gasteiger charge is 2.28. The Hall–Kier alpha value is -2.67. The van der Waals surface area contributed by atoms with Crippen molar-refractivity contribution in [3.05, 3.63) is 59.0 Å². The summed E-state index contributed by atoms with van der Waals surface area (Å²) in [6, 6.07) is 10.4. The number of hydrogen-bond donors (Lipinski definition) is 1. The van der Waals surface area contributed by atoms with Gasteiger partial charge in [0.05, 0.1) is 18.4 Å². The fourth-order valence-electron chi connectivity index (χ4n) is 3.08. The van der Waals surface area contributed by atoms with Crippen LogP contribution in [0.25, 0.3) is 0 Å². The van der Waals surface area contributed by atoms with Gasteiger partial charge in [0.25, 0.3) is 5.91 Å². The molecule has 1 atom stereocenters. The number of nitrogens with zero attached hydrogens (tertiary/aromatic N) is 3. The van der Waals surface area contributed by atoms with Gasteiger partial charge in [0.2, 0.25) is 5.13 Å². The predicted octanol–water partition coefficient (Wildman–Crippen LogP) is 3.33. The molecule has 0 aliphatic carbocycles. The number of aromatic nitrogens is 2. The maximum atomic E-state index is 12.4. The normalized spacial score (nSPS) is 16.2. The van der Waals surface area contributed by atoms with Crippen molar-refractivity contribution in [3.8, 4) is 0 Å². The van der Waals surface area contributed by atoms with Crippen LogP contribution in [0.4, 0.5) is 10.8 Å². The Bertz CT molecular complexity index is 859. The maximum Gasteiger partial charge on any atom is 0.261 e. The molecule has 1 aliphatic heterocycles. The van der Waals surface area contributed by atoms with Gasteiger partial charge in [0, 0.05) is 11.7 Å². The van der Waals surface area contributed by atoms with Crippen LogP contribution < -0.4 is 10.2 Å². The topological polar surface area (TPSA) is 71.3 Å². The maximum absolute atomic E-state index is 12.4. The van der Waals surface area contributed by atoms with Crippen LogP contribution >= 0.6 is 11.3 Å². The van der Waals surface area contributed by atoms with Crippen LogP contribution in [0.1, 0.15) is 28.6 Å². The van der Waals surface area contributed by atoms with Gasteiger partial charge in [-0.3, -0.25) is 10.1 Å². The lowest BCUT2D eigenvalue weighted by Crippen LogP contribution is -2.29. The Balaban J connectivity index is 1.56. The summed E-state index contributed by atoms with van der Waals surface area (Å²) in [6.07, 6.45) is 2.56. The Morgan fingerprint density at radius 3 is 3.12 bits per heavy atom. The van der Waals surface area contributed by atoms with Gasteiger partial charge in [-0.25, -0.2) is 0 Å². The highest BCUT2D eigenvalue weighted by molar-refractivity contribution is 7.13. The zero-order valence-electron chi connectivity index (χ0n) is 13.1. The van der Waals surface area contributed by atoms with Crippen molar-refractivity contribution in [1.82, 2.24) is 10.2 Å². The summed E-state index contributed by atoms with van der Waals surface area (Å²) in [7, 11) is 0. The lowest BCUT2D eigenvalue weighted by Gasteiger charge is -2.24. The SMILES string of the molecule is C[C@H]1Cc2ccccc2N1Cc1occc1C(=O)Nc1nncs1. The van der Waals surface area contributed by atoms with Crippen molar-refractivity contribution in [2.24, 2.45) is 0 Å². The minimum absolute atomic E-state index is 0.226. The van der Waals surface area contributed by atoms with E-state index in [0.717, 1.165) is 6.42 Å². The largest absolute Gasteiger partial charge is 0.467 e. The van der Waals surface area contributed by atoms with Gasteiger partial charge in [-0.05, 0) is 31.0 Å². The highest BCUT2D eigenvalue weighted by Crippen LogP contribution is 2.33. The van der Waals surface area contributed by atoms with Crippen LogP contribution in [-0.4, -0.2) is 22.1 Å². The Morgan fingerprint density at radius 1 is 1.42 bits per heavy atom. The van der Waals surface area contributed by atoms with Gasteiger partial charge in [0.1, 0.15) is 11.3 Å². The first-order valence-electron chi connectivity index (χ1n) is 7.71. The van der Waals surface area contributed by atoms with E-state index in [1.54, 1.807) is 17.8 Å². The van der Waals surface area contributed by atoms with Crippen molar-refractivity contribution >= 4 is 28.1 Å². The summed E-state index contributed by atoms with van der Waals surface area (Å²) in [5.41, 5.74) is 4.64. The number of carbonyl (C=O) groups is 1. The van der Waals surface area contributed by atoms with Crippen molar-refractivity contribution in [2.75, 3.05) is 10.2 Å². The van der Waals surface area contributed by atoms with E-state index in [-0.39, 0.29) is 5.91 Å². The Morgan fingerprint density at radius 2 is 2.29 bits per heavy atom. The average Bonchev–Trinajstić information content (AvgIpc) is 3.29. The molecular weight excluding hydrogens is 324 g/mol. The van der Waals surface area contributed by atoms with Crippen LogP contribution in [0.5, 0.6) is 0 Å². The fourth-order valence-corrected chi connectivity index (χ4v) is 3.52. The second-order valence-electron chi connectivity index (χ2n) is 5.77. The first-order valence-corrected chi connectivity index (χ1v) is 8.59.